The normalized spacial score (nSPS) is 11.5. The van der Waals surface area contributed by atoms with E-state index in [9.17, 15) is 23.3 Å². The summed E-state index contributed by atoms with van der Waals surface area (Å²) in [5.74, 6) is 0.00434. The van der Waals surface area contributed by atoms with E-state index in [1.54, 1.807) is 12.1 Å². The average molecular weight is 349 g/mol. The lowest BCUT2D eigenvalue weighted by molar-refractivity contribution is -0.385. The van der Waals surface area contributed by atoms with Gasteiger partial charge in [0.2, 0.25) is 5.82 Å². The van der Waals surface area contributed by atoms with Crippen molar-refractivity contribution in [2.24, 2.45) is 0 Å². The van der Waals surface area contributed by atoms with Gasteiger partial charge in [0.15, 0.2) is 0 Å². The maximum Gasteiger partial charge on any atom is 0.416 e. The predicted molar refractivity (Wildman–Crippen MR) is 80.5 cm³/mol. The summed E-state index contributed by atoms with van der Waals surface area (Å²) in [6.45, 7) is -0.0247. The summed E-state index contributed by atoms with van der Waals surface area (Å²) in [5, 5.41) is 22.5. The minimum atomic E-state index is -4.48. The van der Waals surface area contributed by atoms with E-state index in [4.69, 9.17) is 0 Å². The number of para-hydroxylation sites is 1. The quantitative estimate of drug-likeness (QED) is 0.533. The fraction of sp³-hybridized carbons (Fsp3) is 0.133. The van der Waals surface area contributed by atoms with Crippen LogP contribution in [0, 0.1) is 10.1 Å². The van der Waals surface area contributed by atoms with Crippen molar-refractivity contribution in [3.63, 3.8) is 0 Å². The summed E-state index contributed by atoms with van der Waals surface area (Å²) in [7, 11) is 0. The second-order valence-corrected chi connectivity index (χ2v) is 5.11. The minimum absolute atomic E-state index is 0.00434. The van der Waals surface area contributed by atoms with Gasteiger partial charge in [0.1, 0.15) is 0 Å². The van der Waals surface area contributed by atoms with Crippen LogP contribution in [-0.4, -0.2) is 25.1 Å². The Morgan fingerprint density at radius 3 is 2.60 bits per heavy atom. The van der Waals surface area contributed by atoms with Gasteiger partial charge in [-0.1, -0.05) is 30.3 Å². The number of alkyl halides is 3. The Labute approximate surface area is 138 Å². The molecule has 1 aromatic heterocycles. The summed E-state index contributed by atoms with van der Waals surface area (Å²) >= 11 is 0. The summed E-state index contributed by atoms with van der Waals surface area (Å²) in [6, 6.07) is 10.6. The van der Waals surface area contributed by atoms with Gasteiger partial charge in [0.25, 0.3) is 5.69 Å². The van der Waals surface area contributed by atoms with Crippen molar-refractivity contribution in [2.45, 2.75) is 12.7 Å². The number of benzene rings is 2. The lowest BCUT2D eigenvalue weighted by Crippen LogP contribution is -2.06. The molecule has 0 aliphatic carbocycles. The van der Waals surface area contributed by atoms with Crippen LogP contribution in [0.15, 0.2) is 48.5 Å². The Morgan fingerprint density at radius 2 is 1.88 bits per heavy atom. The summed E-state index contributed by atoms with van der Waals surface area (Å²) in [6.07, 6.45) is -4.48. The molecule has 0 aliphatic heterocycles. The molecule has 3 rings (SSSR count). The molecule has 3 aromatic rings. The van der Waals surface area contributed by atoms with Crippen molar-refractivity contribution in [1.29, 1.82) is 0 Å². The molecule has 0 saturated carbocycles. The molecule has 0 amide bonds. The second kappa shape index (κ2) is 6.30. The molecule has 0 spiro atoms. The number of aromatic nitrogens is 4. The number of tetrazole rings is 1. The molecule has 0 aliphatic rings. The van der Waals surface area contributed by atoms with Gasteiger partial charge in [0, 0.05) is 11.6 Å². The molecule has 25 heavy (non-hydrogen) atoms. The van der Waals surface area contributed by atoms with E-state index in [0.717, 1.165) is 16.9 Å². The van der Waals surface area contributed by atoms with E-state index in [0.29, 0.717) is 5.56 Å². The zero-order valence-electron chi connectivity index (χ0n) is 12.5. The summed E-state index contributed by atoms with van der Waals surface area (Å²) in [5.41, 5.74) is -0.399. The molecule has 0 saturated heterocycles. The number of rotatable bonds is 4. The van der Waals surface area contributed by atoms with Gasteiger partial charge in [-0.2, -0.15) is 18.0 Å². The smallest absolute Gasteiger partial charge is 0.258 e. The number of hydrogen-bond donors (Lipinski definition) is 0. The molecule has 0 bridgehead atoms. The fourth-order valence-electron chi connectivity index (χ4n) is 2.24. The molecule has 0 atom stereocenters. The van der Waals surface area contributed by atoms with Crippen LogP contribution in [-0.2, 0) is 12.7 Å². The Balaban J connectivity index is 1.88. The molecule has 1 heterocycles. The maximum absolute atomic E-state index is 12.8. The van der Waals surface area contributed by atoms with E-state index >= 15 is 0 Å². The molecule has 0 N–H and O–H groups in total. The van der Waals surface area contributed by atoms with Gasteiger partial charge in [0.05, 0.1) is 22.6 Å². The Kier molecular flexibility index (Phi) is 4.17. The third-order valence-electron chi connectivity index (χ3n) is 3.40. The highest BCUT2D eigenvalue weighted by atomic mass is 19.4. The highest BCUT2D eigenvalue weighted by Crippen LogP contribution is 2.31. The van der Waals surface area contributed by atoms with E-state index in [1.807, 2.05) is 0 Å². The van der Waals surface area contributed by atoms with E-state index in [1.165, 1.54) is 24.3 Å². The minimum Gasteiger partial charge on any atom is -0.258 e. The fourth-order valence-corrected chi connectivity index (χ4v) is 2.24. The Hall–Kier alpha value is -3.30. The van der Waals surface area contributed by atoms with Crippen LogP contribution < -0.4 is 0 Å². The Morgan fingerprint density at radius 1 is 1.12 bits per heavy atom. The molecule has 128 valence electrons. The number of hydrogen-bond acceptors (Lipinski definition) is 5. The topological polar surface area (TPSA) is 86.7 Å². The van der Waals surface area contributed by atoms with Gasteiger partial charge in [-0.25, -0.2) is 0 Å². The van der Waals surface area contributed by atoms with E-state index < -0.39 is 16.7 Å². The van der Waals surface area contributed by atoms with Crippen molar-refractivity contribution in [1.82, 2.24) is 20.2 Å². The van der Waals surface area contributed by atoms with Crippen LogP contribution in [0.4, 0.5) is 18.9 Å². The molecule has 2 aromatic carbocycles. The molecule has 0 fully saturated rings. The van der Waals surface area contributed by atoms with Crippen molar-refractivity contribution in [2.75, 3.05) is 0 Å². The zero-order valence-corrected chi connectivity index (χ0v) is 12.5. The lowest BCUT2D eigenvalue weighted by atomic mass is 10.1. The molecule has 0 radical (unpaired) electrons. The van der Waals surface area contributed by atoms with Crippen LogP contribution >= 0.6 is 0 Å². The molecule has 10 heteroatoms. The van der Waals surface area contributed by atoms with Crippen LogP contribution in [0.1, 0.15) is 11.1 Å². The van der Waals surface area contributed by atoms with Crippen LogP contribution in [0.5, 0.6) is 0 Å². The zero-order chi connectivity index (χ0) is 18.0. The van der Waals surface area contributed by atoms with Gasteiger partial charge in [-0.3, -0.25) is 10.1 Å². The van der Waals surface area contributed by atoms with Crippen molar-refractivity contribution in [3.05, 3.63) is 69.8 Å². The van der Waals surface area contributed by atoms with Crippen molar-refractivity contribution >= 4 is 5.69 Å². The first-order valence-corrected chi connectivity index (χ1v) is 7.02. The largest absolute Gasteiger partial charge is 0.416 e. The first-order chi connectivity index (χ1) is 11.8. The molecular formula is C15H10F3N5O2. The maximum atomic E-state index is 12.8. The summed E-state index contributed by atoms with van der Waals surface area (Å²) in [4.78, 5) is 11.6. The van der Waals surface area contributed by atoms with Gasteiger partial charge >= 0.3 is 6.18 Å². The first kappa shape index (κ1) is 16.6. The number of halogens is 3. The van der Waals surface area contributed by atoms with Gasteiger partial charge < -0.3 is 0 Å². The lowest BCUT2D eigenvalue weighted by Gasteiger charge is -2.06. The number of nitro benzene ring substituents is 1. The van der Waals surface area contributed by atoms with Crippen molar-refractivity contribution < 1.29 is 18.1 Å². The first-order valence-electron chi connectivity index (χ1n) is 7.02. The molecular weight excluding hydrogens is 339 g/mol. The highest BCUT2D eigenvalue weighted by Gasteiger charge is 2.30. The Bertz CT molecular complexity index is 923. The summed E-state index contributed by atoms with van der Waals surface area (Å²) < 4.78 is 38.3. The average Bonchev–Trinajstić information content (AvgIpc) is 3.03. The monoisotopic (exact) mass is 349 g/mol. The third-order valence-corrected chi connectivity index (χ3v) is 3.40. The standard InChI is InChI=1S/C15H10F3N5O2/c16-15(17,18)12-6-3-5-10(8-12)14-19-21-22(20-14)9-11-4-1-2-7-13(11)23(24)25/h1-8H,9H2. The predicted octanol–water partition coefficient (Wildman–Crippen LogP) is 3.32. The number of nitrogens with zero attached hydrogens (tertiary/aromatic N) is 5. The number of nitro groups is 1. The molecule has 0 unspecified atom stereocenters. The van der Waals surface area contributed by atoms with Gasteiger partial charge in [-0.15, -0.1) is 10.2 Å². The van der Waals surface area contributed by atoms with E-state index in [2.05, 4.69) is 15.4 Å². The van der Waals surface area contributed by atoms with Crippen LogP contribution in [0.25, 0.3) is 11.4 Å². The van der Waals surface area contributed by atoms with Crippen LogP contribution in [0.2, 0.25) is 0 Å². The highest BCUT2D eigenvalue weighted by molar-refractivity contribution is 5.55. The van der Waals surface area contributed by atoms with E-state index in [-0.39, 0.29) is 23.6 Å². The second-order valence-electron chi connectivity index (χ2n) is 5.11. The van der Waals surface area contributed by atoms with Crippen LogP contribution in [0.3, 0.4) is 0 Å². The third kappa shape index (κ3) is 3.62. The van der Waals surface area contributed by atoms with Crippen molar-refractivity contribution in [3.8, 4) is 11.4 Å². The van der Waals surface area contributed by atoms with Gasteiger partial charge in [-0.05, 0) is 17.3 Å². The molecule has 7 nitrogen and oxygen atoms in total. The SMILES string of the molecule is O=[N+]([O-])c1ccccc1Cn1nnc(-c2cccc(C(F)(F)F)c2)n1.